The molecule has 136 valence electrons. The first-order valence-corrected chi connectivity index (χ1v) is 8.72. The van der Waals surface area contributed by atoms with Gasteiger partial charge in [0.1, 0.15) is 5.54 Å². The molecule has 1 atom stereocenters. The Balaban J connectivity index is 2.31. The first-order valence-electron chi connectivity index (χ1n) is 8.72. The van der Waals surface area contributed by atoms with Crippen molar-refractivity contribution in [3.8, 4) is 0 Å². The van der Waals surface area contributed by atoms with Crippen LogP contribution in [0.1, 0.15) is 59.8 Å². The van der Waals surface area contributed by atoms with Crippen molar-refractivity contribution < 1.29 is 14.4 Å². The number of nitrogens with zero attached hydrogens (tertiary/aromatic N) is 1. The Morgan fingerprint density at radius 3 is 2.12 bits per heavy atom. The van der Waals surface area contributed by atoms with Crippen LogP contribution in [-0.4, -0.2) is 34.7 Å². The molecule has 0 aliphatic carbocycles. The van der Waals surface area contributed by atoms with Crippen LogP contribution in [0.4, 0.5) is 4.79 Å². The number of aryl methyl sites for hydroxylation is 2. The van der Waals surface area contributed by atoms with E-state index in [2.05, 4.69) is 11.4 Å². The normalized spacial score (nSPS) is 20.4. The van der Waals surface area contributed by atoms with Crippen molar-refractivity contribution in [1.82, 2.24) is 10.2 Å². The van der Waals surface area contributed by atoms with Crippen molar-refractivity contribution in [3.63, 3.8) is 0 Å². The minimum Gasteiger partial charge on any atom is -0.323 e. The number of ketones is 1. The van der Waals surface area contributed by atoms with Crippen LogP contribution < -0.4 is 5.32 Å². The SMILES string of the molecule is Cc1cc(C)c(C)c(C(=O)CN2C(=O)N[C@](C)(CC(C)C)C2=O)c1C. The first kappa shape index (κ1) is 19.2. The number of hydrogen-bond donors (Lipinski definition) is 1. The molecule has 25 heavy (non-hydrogen) atoms. The summed E-state index contributed by atoms with van der Waals surface area (Å²) in [5.41, 5.74) is 3.57. The fourth-order valence-electron chi connectivity index (χ4n) is 3.70. The summed E-state index contributed by atoms with van der Waals surface area (Å²) in [6.45, 7) is 13.3. The third-order valence-corrected chi connectivity index (χ3v) is 5.11. The zero-order chi connectivity index (χ0) is 19.1. The van der Waals surface area contributed by atoms with Crippen molar-refractivity contribution in [1.29, 1.82) is 0 Å². The Hall–Kier alpha value is -2.17. The molecular formula is C20H28N2O3. The number of rotatable bonds is 5. The third-order valence-electron chi connectivity index (χ3n) is 5.11. The van der Waals surface area contributed by atoms with Crippen molar-refractivity contribution in [2.75, 3.05) is 6.54 Å². The molecule has 1 aromatic carbocycles. The van der Waals surface area contributed by atoms with Crippen LogP contribution in [0.25, 0.3) is 0 Å². The van der Waals surface area contributed by atoms with Gasteiger partial charge in [-0.1, -0.05) is 19.9 Å². The summed E-state index contributed by atoms with van der Waals surface area (Å²) in [5, 5.41) is 2.76. The number of carbonyl (C=O) groups is 3. The summed E-state index contributed by atoms with van der Waals surface area (Å²) >= 11 is 0. The fraction of sp³-hybridized carbons (Fsp3) is 0.550. The Labute approximate surface area is 149 Å². The van der Waals surface area contributed by atoms with E-state index in [0.29, 0.717) is 12.0 Å². The highest BCUT2D eigenvalue weighted by atomic mass is 16.2. The predicted molar refractivity (Wildman–Crippen MR) is 97.8 cm³/mol. The molecule has 1 fully saturated rings. The van der Waals surface area contributed by atoms with Crippen molar-refractivity contribution in [2.45, 2.75) is 60.4 Å². The number of carbonyl (C=O) groups excluding carboxylic acids is 3. The van der Waals surface area contributed by atoms with Crippen molar-refractivity contribution >= 4 is 17.7 Å². The molecule has 3 amide bonds. The zero-order valence-electron chi connectivity index (χ0n) is 16.2. The second-order valence-electron chi connectivity index (χ2n) is 7.81. The van der Waals surface area contributed by atoms with E-state index in [-0.39, 0.29) is 24.2 Å². The van der Waals surface area contributed by atoms with E-state index < -0.39 is 11.6 Å². The summed E-state index contributed by atoms with van der Waals surface area (Å²) in [4.78, 5) is 39.0. The lowest BCUT2D eigenvalue weighted by Gasteiger charge is -2.23. The van der Waals surface area contributed by atoms with Crippen LogP contribution in [-0.2, 0) is 4.79 Å². The smallest absolute Gasteiger partial charge is 0.323 e. The van der Waals surface area contributed by atoms with Crippen LogP contribution in [0.5, 0.6) is 0 Å². The van der Waals surface area contributed by atoms with Crippen LogP contribution in [0.2, 0.25) is 0 Å². The van der Waals surface area contributed by atoms with E-state index in [0.717, 1.165) is 27.2 Å². The van der Waals surface area contributed by atoms with E-state index in [1.165, 1.54) is 0 Å². The van der Waals surface area contributed by atoms with E-state index in [4.69, 9.17) is 0 Å². The first-order chi connectivity index (χ1) is 11.5. The molecule has 2 rings (SSSR count). The average molecular weight is 344 g/mol. The Morgan fingerprint density at radius 1 is 1.12 bits per heavy atom. The molecule has 0 radical (unpaired) electrons. The summed E-state index contributed by atoms with van der Waals surface area (Å²) < 4.78 is 0. The van der Waals surface area contributed by atoms with Gasteiger partial charge in [0, 0.05) is 5.56 Å². The van der Waals surface area contributed by atoms with Crippen LogP contribution in [0.3, 0.4) is 0 Å². The number of urea groups is 1. The predicted octanol–water partition coefficient (Wildman–Crippen LogP) is 3.46. The third kappa shape index (κ3) is 3.46. The van der Waals surface area contributed by atoms with E-state index in [1.54, 1.807) is 6.92 Å². The standard InChI is InChI=1S/C20H28N2O3/c1-11(2)9-20(7)18(24)22(19(25)21-20)10-16(23)17-14(5)12(3)8-13(4)15(17)6/h8,11H,9-10H2,1-7H3,(H,21,25)/t20-/m1/s1. The molecular weight excluding hydrogens is 316 g/mol. The molecule has 0 unspecified atom stereocenters. The van der Waals surface area contributed by atoms with Crippen LogP contribution >= 0.6 is 0 Å². The highest BCUT2D eigenvalue weighted by Gasteiger charge is 2.48. The van der Waals surface area contributed by atoms with Gasteiger partial charge in [0.2, 0.25) is 0 Å². The molecule has 1 aliphatic rings. The molecule has 0 spiro atoms. The molecule has 0 saturated carbocycles. The van der Waals surface area contributed by atoms with Gasteiger partial charge >= 0.3 is 6.03 Å². The zero-order valence-corrected chi connectivity index (χ0v) is 16.2. The van der Waals surface area contributed by atoms with E-state index in [9.17, 15) is 14.4 Å². The van der Waals surface area contributed by atoms with Crippen LogP contribution in [0, 0.1) is 33.6 Å². The molecule has 1 saturated heterocycles. The van der Waals surface area contributed by atoms with Gasteiger partial charge in [-0.25, -0.2) is 4.79 Å². The molecule has 5 heteroatoms. The van der Waals surface area contributed by atoms with Gasteiger partial charge in [0.15, 0.2) is 5.78 Å². The van der Waals surface area contributed by atoms with Crippen molar-refractivity contribution in [3.05, 3.63) is 33.9 Å². The van der Waals surface area contributed by atoms with E-state index in [1.807, 2.05) is 41.5 Å². The molecule has 1 N–H and O–H groups in total. The Bertz CT molecular complexity index is 726. The highest BCUT2D eigenvalue weighted by Crippen LogP contribution is 2.27. The second kappa shape index (κ2) is 6.62. The second-order valence-corrected chi connectivity index (χ2v) is 7.81. The van der Waals surface area contributed by atoms with Gasteiger partial charge in [-0.15, -0.1) is 0 Å². The highest BCUT2D eigenvalue weighted by molar-refractivity contribution is 6.11. The number of benzene rings is 1. The molecule has 0 bridgehead atoms. The van der Waals surface area contributed by atoms with E-state index >= 15 is 0 Å². The number of Topliss-reactive ketones (excluding diaryl/α,β-unsaturated/α-hetero) is 1. The summed E-state index contributed by atoms with van der Waals surface area (Å²) in [5.74, 6) is -0.257. The number of amides is 3. The lowest BCUT2D eigenvalue weighted by atomic mass is 9.90. The monoisotopic (exact) mass is 344 g/mol. The van der Waals surface area contributed by atoms with Gasteiger partial charge in [-0.3, -0.25) is 14.5 Å². The van der Waals surface area contributed by atoms with Gasteiger partial charge in [0.05, 0.1) is 6.54 Å². The lowest BCUT2D eigenvalue weighted by Crippen LogP contribution is -2.45. The maximum absolute atomic E-state index is 12.9. The van der Waals surface area contributed by atoms with Gasteiger partial charge in [-0.2, -0.15) is 0 Å². The number of hydrogen-bond acceptors (Lipinski definition) is 3. The maximum Gasteiger partial charge on any atom is 0.325 e. The summed E-state index contributed by atoms with van der Waals surface area (Å²) in [7, 11) is 0. The lowest BCUT2D eigenvalue weighted by molar-refractivity contribution is -0.131. The summed E-state index contributed by atoms with van der Waals surface area (Å²) in [6, 6.07) is 1.57. The summed E-state index contributed by atoms with van der Waals surface area (Å²) in [6.07, 6.45) is 0.546. The minimum atomic E-state index is -0.932. The molecule has 1 heterocycles. The van der Waals surface area contributed by atoms with Crippen LogP contribution in [0.15, 0.2) is 6.07 Å². The van der Waals surface area contributed by atoms with Gasteiger partial charge in [-0.05, 0) is 69.2 Å². The molecule has 5 nitrogen and oxygen atoms in total. The van der Waals surface area contributed by atoms with Crippen molar-refractivity contribution in [2.24, 2.45) is 5.92 Å². The van der Waals surface area contributed by atoms with Gasteiger partial charge in [0.25, 0.3) is 5.91 Å². The average Bonchev–Trinajstić information content (AvgIpc) is 2.68. The Morgan fingerprint density at radius 2 is 1.64 bits per heavy atom. The quantitative estimate of drug-likeness (QED) is 0.657. The largest absolute Gasteiger partial charge is 0.325 e. The fourth-order valence-corrected chi connectivity index (χ4v) is 3.70. The minimum absolute atomic E-state index is 0.195. The van der Waals surface area contributed by atoms with Gasteiger partial charge < -0.3 is 5.32 Å². The maximum atomic E-state index is 12.9. The number of imide groups is 1. The topological polar surface area (TPSA) is 66.5 Å². The molecule has 0 aromatic heterocycles. The molecule has 1 aromatic rings. The Kier molecular flexibility index (Phi) is 5.07. The molecule has 1 aliphatic heterocycles. The number of nitrogens with one attached hydrogen (secondary N) is 1.